The number of hydrogen-bond donors (Lipinski definition) is 0. The maximum atomic E-state index is 3.34. The van der Waals surface area contributed by atoms with Gasteiger partial charge in [0.2, 0.25) is 0 Å². The predicted molar refractivity (Wildman–Crippen MR) is 115 cm³/mol. The lowest BCUT2D eigenvalue weighted by atomic mass is 9.72. The smallest absolute Gasteiger partial charge is 0.0255 e. The Balaban J connectivity index is 1.79. The van der Waals surface area contributed by atoms with Crippen molar-refractivity contribution in [1.29, 1.82) is 0 Å². The van der Waals surface area contributed by atoms with Crippen LogP contribution in [-0.4, -0.2) is 0 Å². The van der Waals surface area contributed by atoms with Gasteiger partial charge in [-0.1, -0.05) is 85.9 Å². The summed E-state index contributed by atoms with van der Waals surface area (Å²) in [6.45, 7) is 6.78. The van der Waals surface area contributed by atoms with Crippen LogP contribution in [0.25, 0.3) is 5.57 Å². The lowest BCUT2D eigenvalue weighted by molar-refractivity contribution is 0.527. The van der Waals surface area contributed by atoms with Gasteiger partial charge in [-0.25, -0.2) is 0 Å². The van der Waals surface area contributed by atoms with Crippen LogP contribution in [0.5, 0.6) is 0 Å². The second-order valence-corrected chi connectivity index (χ2v) is 7.95. The predicted octanol–water partition coefficient (Wildman–Crippen LogP) is 6.51. The number of hydrogen-bond acceptors (Lipinski definition) is 0. The average molecular weight is 348 g/mol. The van der Waals surface area contributed by atoms with E-state index in [1.165, 1.54) is 27.8 Å². The van der Waals surface area contributed by atoms with Crippen molar-refractivity contribution in [1.82, 2.24) is 0 Å². The zero-order valence-electron chi connectivity index (χ0n) is 16.2. The van der Waals surface area contributed by atoms with Crippen LogP contribution >= 0.6 is 0 Å². The van der Waals surface area contributed by atoms with E-state index in [1.807, 2.05) is 30.3 Å². The molecule has 0 atom stereocenters. The highest BCUT2D eigenvalue weighted by Crippen LogP contribution is 2.41. The van der Waals surface area contributed by atoms with Crippen molar-refractivity contribution < 1.29 is 0 Å². The molecular weight excluding hydrogens is 324 g/mol. The van der Waals surface area contributed by atoms with Crippen LogP contribution in [0, 0.1) is 18.8 Å². The molecule has 0 spiro atoms. The van der Waals surface area contributed by atoms with E-state index in [4.69, 9.17) is 0 Å². The second-order valence-electron chi connectivity index (χ2n) is 7.95. The Labute approximate surface area is 162 Å². The fraction of sp³-hybridized carbons (Fsp3) is 0.185. The van der Waals surface area contributed by atoms with E-state index < -0.39 is 0 Å². The van der Waals surface area contributed by atoms with Crippen LogP contribution in [0.4, 0.5) is 0 Å². The summed E-state index contributed by atoms with van der Waals surface area (Å²) in [7, 11) is 0. The van der Waals surface area contributed by atoms with Crippen LogP contribution in [-0.2, 0) is 5.41 Å². The highest BCUT2D eigenvalue weighted by Gasteiger charge is 2.28. The first-order valence-electron chi connectivity index (χ1n) is 9.52. The molecule has 1 aliphatic rings. The fourth-order valence-corrected chi connectivity index (χ4v) is 3.68. The maximum Gasteiger partial charge on any atom is 0.0255 e. The minimum Gasteiger partial charge on any atom is -0.0752 e. The number of aryl methyl sites for hydroxylation is 1. The van der Waals surface area contributed by atoms with Gasteiger partial charge in [0, 0.05) is 11.1 Å². The Morgan fingerprint density at radius 1 is 0.778 bits per heavy atom. The van der Waals surface area contributed by atoms with Gasteiger partial charge in [-0.3, -0.25) is 0 Å². The summed E-state index contributed by atoms with van der Waals surface area (Å²) in [5, 5.41) is 0. The first-order chi connectivity index (χ1) is 13.0. The summed E-state index contributed by atoms with van der Waals surface area (Å²) in [5.74, 6) is 6.62. The normalized spacial score (nSPS) is 14.6. The van der Waals surface area contributed by atoms with Crippen molar-refractivity contribution in [3.05, 3.63) is 112 Å². The SMILES string of the molecule is Cc1ccc(C2=CCC(C)(C)c3ccc(C#Cc4ccccc4)cc32)cc1. The van der Waals surface area contributed by atoms with Gasteiger partial charge in [-0.15, -0.1) is 0 Å². The van der Waals surface area contributed by atoms with E-state index >= 15 is 0 Å². The fourth-order valence-electron chi connectivity index (χ4n) is 3.68. The minimum atomic E-state index is 0.148. The van der Waals surface area contributed by atoms with E-state index in [9.17, 15) is 0 Å². The zero-order chi connectivity index (χ0) is 18.9. The molecule has 0 unspecified atom stereocenters. The molecule has 3 aromatic carbocycles. The molecule has 3 aromatic rings. The van der Waals surface area contributed by atoms with Crippen molar-refractivity contribution in [2.24, 2.45) is 0 Å². The molecule has 0 aromatic heterocycles. The van der Waals surface area contributed by atoms with Gasteiger partial charge in [-0.05, 0) is 65.3 Å². The average Bonchev–Trinajstić information content (AvgIpc) is 2.68. The molecule has 0 saturated carbocycles. The quantitative estimate of drug-likeness (QED) is 0.440. The Kier molecular flexibility index (Phi) is 4.46. The zero-order valence-corrected chi connectivity index (χ0v) is 16.2. The summed E-state index contributed by atoms with van der Waals surface area (Å²) in [6.07, 6.45) is 3.44. The van der Waals surface area contributed by atoms with Crippen LogP contribution < -0.4 is 0 Å². The lowest BCUT2D eigenvalue weighted by Crippen LogP contribution is -2.22. The van der Waals surface area contributed by atoms with E-state index in [2.05, 4.69) is 81.2 Å². The van der Waals surface area contributed by atoms with Crippen LogP contribution in [0.3, 0.4) is 0 Å². The lowest BCUT2D eigenvalue weighted by Gasteiger charge is -2.32. The standard InChI is InChI=1S/C27H24/c1-20-9-14-23(15-10-20)24-17-18-27(2,3)26-16-13-22(19-25(24)26)12-11-21-7-5-4-6-8-21/h4-10,13-17,19H,18H2,1-3H3. The van der Waals surface area contributed by atoms with E-state index in [0.717, 1.165) is 17.5 Å². The number of rotatable bonds is 1. The molecule has 0 heteroatoms. The summed E-state index contributed by atoms with van der Waals surface area (Å²) in [4.78, 5) is 0. The number of allylic oxidation sites excluding steroid dienone is 1. The molecule has 0 N–H and O–H groups in total. The van der Waals surface area contributed by atoms with Gasteiger partial charge in [0.15, 0.2) is 0 Å². The summed E-state index contributed by atoms with van der Waals surface area (Å²) < 4.78 is 0. The summed E-state index contributed by atoms with van der Waals surface area (Å²) >= 11 is 0. The number of fused-ring (bicyclic) bond motifs is 1. The van der Waals surface area contributed by atoms with Gasteiger partial charge in [-0.2, -0.15) is 0 Å². The largest absolute Gasteiger partial charge is 0.0752 e. The molecule has 1 aliphatic carbocycles. The van der Waals surface area contributed by atoms with Crippen LogP contribution in [0.1, 0.15) is 53.6 Å². The monoisotopic (exact) mass is 348 g/mol. The van der Waals surface area contributed by atoms with Gasteiger partial charge in [0.25, 0.3) is 0 Å². The van der Waals surface area contributed by atoms with E-state index in [0.29, 0.717) is 0 Å². The molecule has 0 aliphatic heterocycles. The third-order valence-electron chi connectivity index (χ3n) is 5.34. The van der Waals surface area contributed by atoms with E-state index in [-0.39, 0.29) is 5.41 Å². The molecule has 132 valence electrons. The molecule has 0 fully saturated rings. The molecule has 4 rings (SSSR count). The molecule has 0 bridgehead atoms. The topological polar surface area (TPSA) is 0 Å². The Bertz CT molecular complexity index is 1050. The van der Waals surface area contributed by atoms with Crippen molar-refractivity contribution in [2.45, 2.75) is 32.6 Å². The van der Waals surface area contributed by atoms with Crippen molar-refractivity contribution in [2.75, 3.05) is 0 Å². The van der Waals surface area contributed by atoms with Gasteiger partial charge >= 0.3 is 0 Å². The minimum absolute atomic E-state index is 0.148. The number of benzene rings is 3. The van der Waals surface area contributed by atoms with Gasteiger partial charge in [0.05, 0.1) is 0 Å². The third kappa shape index (κ3) is 3.60. The molecule has 0 saturated heterocycles. The van der Waals surface area contributed by atoms with E-state index in [1.54, 1.807) is 0 Å². The Morgan fingerprint density at radius 2 is 1.48 bits per heavy atom. The third-order valence-corrected chi connectivity index (χ3v) is 5.34. The molecule has 27 heavy (non-hydrogen) atoms. The van der Waals surface area contributed by atoms with Crippen molar-refractivity contribution in [3.63, 3.8) is 0 Å². The Morgan fingerprint density at radius 3 is 2.22 bits per heavy atom. The first kappa shape index (κ1) is 17.4. The molecule has 0 radical (unpaired) electrons. The van der Waals surface area contributed by atoms with Crippen LogP contribution in [0.15, 0.2) is 78.9 Å². The summed E-state index contributed by atoms with van der Waals surface area (Å²) in [5.41, 5.74) is 8.88. The molecule has 0 nitrogen and oxygen atoms in total. The van der Waals surface area contributed by atoms with Crippen molar-refractivity contribution >= 4 is 5.57 Å². The summed E-state index contributed by atoms with van der Waals surface area (Å²) in [6, 6.07) is 25.7. The maximum absolute atomic E-state index is 3.34. The highest BCUT2D eigenvalue weighted by molar-refractivity contribution is 5.84. The first-order valence-corrected chi connectivity index (χ1v) is 9.52. The van der Waals surface area contributed by atoms with Crippen LogP contribution in [0.2, 0.25) is 0 Å². The molecule has 0 heterocycles. The molecule has 0 amide bonds. The second kappa shape index (κ2) is 6.93. The Hall–Kier alpha value is -3.04. The highest BCUT2D eigenvalue weighted by atomic mass is 14.3. The van der Waals surface area contributed by atoms with Crippen molar-refractivity contribution in [3.8, 4) is 11.8 Å². The van der Waals surface area contributed by atoms with Gasteiger partial charge < -0.3 is 0 Å². The molecular formula is C27H24. The van der Waals surface area contributed by atoms with Gasteiger partial charge in [0.1, 0.15) is 0 Å².